The smallest absolute Gasteiger partial charge is 0.101 e. The molecule has 5 nitrogen and oxygen atoms in total. The molecule has 0 aliphatic carbocycles. The summed E-state index contributed by atoms with van der Waals surface area (Å²) >= 11 is 0. The fourth-order valence-electron chi connectivity index (χ4n) is 3.44. The van der Waals surface area contributed by atoms with Crippen LogP contribution in [0, 0.1) is 11.3 Å². The number of aliphatic hydroxyl groups is 2. The van der Waals surface area contributed by atoms with E-state index in [2.05, 4.69) is 53.2 Å². The number of nitrogens with zero attached hydrogens (tertiary/aromatic N) is 2. The lowest BCUT2D eigenvalue weighted by Crippen LogP contribution is -2.29. The monoisotopic (exact) mass is 377 g/mol. The van der Waals surface area contributed by atoms with Crippen molar-refractivity contribution in [2.75, 3.05) is 31.1 Å². The average molecular weight is 377 g/mol. The number of nitriles is 1. The molecule has 1 fully saturated rings. The predicted molar refractivity (Wildman–Crippen MR) is 114 cm³/mol. The van der Waals surface area contributed by atoms with Gasteiger partial charge in [0.15, 0.2) is 0 Å². The van der Waals surface area contributed by atoms with Gasteiger partial charge in [0.05, 0.1) is 18.3 Å². The van der Waals surface area contributed by atoms with Crippen LogP contribution < -0.4 is 10.2 Å². The van der Waals surface area contributed by atoms with Gasteiger partial charge in [-0.3, -0.25) is 0 Å². The molecule has 146 valence electrons. The lowest BCUT2D eigenvalue weighted by Gasteiger charge is -2.29. The highest BCUT2D eigenvalue weighted by molar-refractivity contribution is 5.88. The first kappa shape index (κ1) is 19.9. The molecule has 1 aliphatic heterocycles. The van der Waals surface area contributed by atoms with Gasteiger partial charge in [0, 0.05) is 31.0 Å². The van der Waals surface area contributed by atoms with Crippen molar-refractivity contribution in [3.63, 3.8) is 0 Å². The molecule has 3 rings (SSSR count). The van der Waals surface area contributed by atoms with Crippen molar-refractivity contribution in [2.24, 2.45) is 0 Å². The summed E-state index contributed by atoms with van der Waals surface area (Å²) in [7, 11) is 0. The summed E-state index contributed by atoms with van der Waals surface area (Å²) in [6.07, 6.45) is 4.72. The maximum Gasteiger partial charge on any atom is 0.101 e. The van der Waals surface area contributed by atoms with Crippen LogP contribution in [0.15, 0.2) is 54.2 Å². The van der Waals surface area contributed by atoms with E-state index in [9.17, 15) is 10.4 Å². The molecule has 0 radical (unpaired) electrons. The van der Waals surface area contributed by atoms with Gasteiger partial charge >= 0.3 is 0 Å². The molecule has 0 saturated carbocycles. The highest BCUT2D eigenvalue weighted by atomic mass is 16.3. The summed E-state index contributed by atoms with van der Waals surface area (Å²) in [6, 6.07) is 14.8. The molecule has 1 heterocycles. The second-order valence-corrected chi connectivity index (χ2v) is 7.20. The van der Waals surface area contributed by atoms with Gasteiger partial charge in [0.25, 0.3) is 0 Å². The number of benzene rings is 2. The molecule has 1 unspecified atom stereocenters. The number of allylic oxidation sites excluding steroid dienone is 1. The molecule has 1 saturated heterocycles. The van der Waals surface area contributed by atoms with Crippen LogP contribution in [0.25, 0.3) is 16.8 Å². The fraction of sp³-hybridized carbons (Fsp3) is 0.348. The van der Waals surface area contributed by atoms with E-state index in [1.54, 1.807) is 6.08 Å². The van der Waals surface area contributed by atoms with E-state index >= 15 is 0 Å². The molecule has 3 N–H and O–H groups in total. The van der Waals surface area contributed by atoms with Crippen LogP contribution in [-0.2, 0) is 0 Å². The van der Waals surface area contributed by atoms with Gasteiger partial charge in [-0.1, -0.05) is 24.8 Å². The first-order valence-corrected chi connectivity index (χ1v) is 9.73. The van der Waals surface area contributed by atoms with Gasteiger partial charge in [0.1, 0.15) is 6.07 Å². The molecule has 0 bridgehead atoms. The molecule has 2 aromatic rings. The SMILES string of the molecule is C=C(NCC(O)CO)/C(C#N)=C/c1ccc2cc(N3CCCCC3)ccc2c1. The van der Waals surface area contributed by atoms with Crippen LogP contribution in [-0.4, -0.2) is 42.6 Å². The molecule has 5 heteroatoms. The zero-order valence-electron chi connectivity index (χ0n) is 16.1. The normalized spacial score (nSPS) is 15.9. The Bertz CT molecular complexity index is 908. The van der Waals surface area contributed by atoms with E-state index in [-0.39, 0.29) is 13.2 Å². The van der Waals surface area contributed by atoms with E-state index in [0.29, 0.717) is 11.3 Å². The number of fused-ring (bicyclic) bond motifs is 1. The van der Waals surface area contributed by atoms with E-state index in [4.69, 9.17) is 5.11 Å². The maximum absolute atomic E-state index is 9.44. The minimum Gasteiger partial charge on any atom is -0.394 e. The summed E-state index contributed by atoms with van der Waals surface area (Å²) in [5.74, 6) is 0. The van der Waals surface area contributed by atoms with Crippen LogP contribution >= 0.6 is 0 Å². The summed E-state index contributed by atoms with van der Waals surface area (Å²) in [5.41, 5.74) is 3.01. The van der Waals surface area contributed by atoms with Crippen LogP contribution in [0.2, 0.25) is 0 Å². The number of anilines is 1. The van der Waals surface area contributed by atoms with Gasteiger partial charge < -0.3 is 20.4 Å². The van der Waals surface area contributed by atoms with Crippen LogP contribution in [0.3, 0.4) is 0 Å². The Morgan fingerprint density at radius 2 is 1.89 bits per heavy atom. The third-order valence-electron chi connectivity index (χ3n) is 5.09. The number of rotatable bonds is 7. The van der Waals surface area contributed by atoms with Crippen molar-refractivity contribution in [2.45, 2.75) is 25.4 Å². The van der Waals surface area contributed by atoms with Crippen molar-refractivity contribution in [1.82, 2.24) is 5.32 Å². The van der Waals surface area contributed by atoms with Crippen molar-refractivity contribution >= 4 is 22.5 Å². The Morgan fingerprint density at radius 3 is 2.61 bits per heavy atom. The van der Waals surface area contributed by atoms with Crippen LogP contribution in [0.4, 0.5) is 5.69 Å². The number of aliphatic hydroxyl groups excluding tert-OH is 2. The topological polar surface area (TPSA) is 79.5 Å². The second kappa shape index (κ2) is 9.41. The molecular weight excluding hydrogens is 350 g/mol. The van der Waals surface area contributed by atoms with E-state index in [1.807, 2.05) is 6.07 Å². The van der Waals surface area contributed by atoms with Crippen molar-refractivity contribution in [3.05, 3.63) is 59.8 Å². The van der Waals surface area contributed by atoms with Crippen LogP contribution in [0.5, 0.6) is 0 Å². The third-order valence-corrected chi connectivity index (χ3v) is 5.09. The number of nitrogens with one attached hydrogen (secondary N) is 1. The number of piperidine rings is 1. The first-order valence-electron chi connectivity index (χ1n) is 9.73. The standard InChI is InChI=1S/C23H27N3O2/c1-17(25-15-23(28)16-27)21(14-24)12-18-5-6-20-13-22(8-7-19(20)11-18)26-9-3-2-4-10-26/h5-8,11-13,23,25,27-28H,1-4,9-10,15-16H2/b21-12+. The Balaban J connectivity index is 1.78. The Hall–Kier alpha value is -2.81. The molecule has 2 aromatic carbocycles. The van der Waals surface area contributed by atoms with Crippen molar-refractivity contribution < 1.29 is 10.2 Å². The highest BCUT2D eigenvalue weighted by Crippen LogP contribution is 2.26. The number of hydrogen-bond donors (Lipinski definition) is 3. The third kappa shape index (κ3) is 4.92. The minimum absolute atomic E-state index is 0.144. The summed E-state index contributed by atoms with van der Waals surface area (Å²) in [6.45, 7) is 5.91. The quantitative estimate of drug-likeness (QED) is 0.510. The molecule has 0 spiro atoms. The zero-order chi connectivity index (χ0) is 19.9. The lowest BCUT2D eigenvalue weighted by atomic mass is 10.0. The Labute approximate surface area is 166 Å². The van der Waals surface area contributed by atoms with Crippen molar-refractivity contribution in [1.29, 1.82) is 5.26 Å². The van der Waals surface area contributed by atoms with E-state index in [0.717, 1.165) is 24.0 Å². The molecule has 1 atom stereocenters. The number of hydrogen-bond acceptors (Lipinski definition) is 5. The summed E-state index contributed by atoms with van der Waals surface area (Å²) in [5, 5.41) is 32.9. The van der Waals surface area contributed by atoms with Gasteiger partial charge in [-0.2, -0.15) is 5.26 Å². The Morgan fingerprint density at radius 1 is 1.18 bits per heavy atom. The van der Waals surface area contributed by atoms with Gasteiger partial charge in [-0.15, -0.1) is 0 Å². The van der Waals surface area contributed by atoms with Gasteiger partial charge in [-0.25, -0.2) is 0 Å². The summed E-state index contributed by atoms with van der Waals surface area (Å²) in [4.78, 5) is 2.45. The molecule has 0 aromatic heterocycles. The molecule has 28 heavy (non-hydrogen) atoms. The van der Waals surface area contributed by atoms with Gasteiger partial charge in [0.2, 0.25) is 0 Å². The lowest BCUT2D eigenvalue weighted by molar-refractivity contribution is 0.0967. The molecular formula is C23H27N3O2. The Kier molecular flexibility index (Phi) is 6.70. The fourth-order valence-corrected chi connectivity index (χ4v) is 3.44. The van der Waals surface area contributed by atoms with Crippen LogP contribution in [0.1, 0.15) is 24.8 Å². The van der Waals surface area contributed by atoms with E-state index in [1.165, 1.54) is 30.3 Å². The summed E-state index contributed by atoms with van der Waals surface area (Å²) < 4.78 is 0. The zero-order valence-corrected chi connectivity index (χ0v) is 16.1. The highest BCUT2D eigenvalue weighted by Gasteiger charge is 2.11. The van der Waals surface area contributed by atoms with Gasteiger partial charge in [-0.05, 0) is 59.9 Å². The van der Waals surface area contributed by atoms with E-state index < -0.39 is 6.10 Å². The largest absolute Gasteiger partial charge is 0.394 e. The predicted octanol–water partition coefficient (Wildman–Crippen LogP) is 3.19. The minimum atomic E-state index is -0.883. The maximum atomic E-state index is 9.44. The first-order chi connectivity index (χ1) is 13.6. The average Bonchev–Trinajstić information content (AvgIpc) is 2.75. The molecule has 0 amide bonds. The molecule has 1 aliphatic rings. The van der Waals surface area contributed by atoms with Crippen molar-refractivity contribution in [3.8, 4) is 6.07 Å². The second-order valence-electron chi connectivity index (χ2n) is 7.20.